The zero-order valence-corrected chi connectivity index (χ0v) is 21.2. The van der Waals surface area contributed by atoms with Crippen LogP contribution in [0, 0.1) is 0 Å². The predicted molar refractivity (Wildman–Crippen MR) is 131 cm³/mol. The molecular weight excluding hydrogens is 464 g/mol. The Morgan fingerprint density at radius 2 is 0.750 bits per heavy atom. The molecule has 6 rings (SSSR count). The Kier molecular flexibility index (Phi) is 10.9. The number of hydrogen-bond donors (Lipinski definition) is 2. The molecule has 36 heavy (non-hydrogen) atoms. The van der Waals surface area contributed by atoms with Crippen molar-refractivity contribution in [3.05, 3.63) is 0 Å². The largest absolute Gasteiger partial charge is 0.343 e. The number of nitrogens with zero attached hydrogens (tertiary/aromatic N) is 2. The first-order chi connectivity index (χ1) is 17.4. The molecule has 0 aromatic rings. The lowest BCUT2D eigenvalue weighted by Crippen LogP contribution is -2.65. The molecule has 0 saturated carbocycles. The zero-order valence-electron chi connectivity index (χ0n) is 21.2. The van der Waals surface area contributed by atoms with Gasteiger partial charge in [-0.3, -0.25) is 38.6 Å². The van der Waals surface area contributed by atoms with E-state index in [0.29, 0.717) is 38.5 Å². The summed E-state index contributed by atoms with van der Waals surface area (Å²) < 4.78 is 0. The van der Waals surface area contributed by atoms with Crippen LogP contribution in [0.15, 0.2) is 0 Å². The number of imide groups is 2. The van der Waals surface area contributed by atoms with E-state index in [0.717, 1.165) is 64.2 Å². The number of amides is 6. The summed E-state index contributed by atoms with van der Waals surface area (Å²) in [5, 5.41) is 5.41. The highest BCUT2D eigenvalue weighted by molar-refractivity contribution is 6.05. The van der Waals surface area contributed by atoms with Gasteiger partial charge in [0, 0.05) is 25.7 Å². The van der Waals surface area contributed by atoms with Crippen molar-refractivity contribution < 1.29 is 28.8 Å². The molecule has 0 radical (unpaired) electrons. The lowest BCUT2D eigenvalue weighted by molar-refractivity contribution is -0.158. The van der Waals surface area contributed by atoms with Gasteiger partial charge >= 0.3 is 0 Å². The molecule has 4 bridgehead atoms. The van der Waals surface area contributed by atoms with Crippen LogP contribution in [0.2, 0.25) is 0 Å². The molecule has 0 aromatic carbocycles. The third-order valence-electron chi connectivity index (χ3n) is 7.22. The molecule has 6 heterocycles. The minimum absolute atomic E-state index is 0.167. The maximum Gasteiger partial charge on any atom is 0.253 e. The highest BCUT2D eigenvalue weighted by Crippen LogP contribution is 2.18. The Hall–Kier alpha value is -2.78. The van der Waals surface area contributed by atoms with E-state index in [1.54, 1.807) is 0 Å². The van der Waals surface area contributed by atoms with Crippen LogP contribution in [0.25, 0.3) is 0 Å². The molecule has 0 spiro atoms. The first-order valence-electron chi connectivity index (χ1n) is 13.6. The highest BCUT2D eigenvalue weighted by atomic mass is 16.2. The second-order valence-electron chi connectivity index (χ2n) is 10.2. The van der Waals surface area contributed by atoms with Crippen LogP contribution in [0.5, 0.6) is 0 Å². The molecule has 2 N–H and O–H groups in total. The Bertz CT molecular complexity index is 776. The number of β-lactam (4-membered cyclic amide) rings is 2. The van der Waals surface area contributed by atoms with Crippen LogP contribution in [0.4, 0.5) is 0 Å². The second-order valence-corrected chi connectivity index (χ2v) is 10.2. The third kappa shape index (κ3) is 8.13. The molecule has 0 aromatic heterocycles. The fourth-order valence-corrected chi connectivity index (χ4v) is 4.86. The molecule has 200 valence electrons. The molecular formula is C26H40N4O6. The van der Waals surface area contributed by atoms with Crippen molar-refractivity contribution in [1.82, 2.24) is 20.4 Å². The van der Waals surface area contributed by atoms with Crippen LogP contribution in [-0.4, -0.2) is 70.4 Å². The molecule has 10 nitrogen and oxygen atoms in total. The minimum atomic E-state index is -0.600. The molecule has 0 unspecified atom stereocenters. The summed E-state index contributed by atoms with van der Waals surface area (Å²) in [7, 11) is 0. The molecule has 6 saturated heterocycles. The third-order valence-corrected chi connectivity index (χ3v) is 7.22. The Labute approximate surface area is 212 Å². The smallest absolute Gasteiger partial charge is 0.253 e. The number of carbonyl (C=O) groups excluding carboxylic acids is 6. The Morgan fingerprint density at radius 3 is 1.08 bits per heavy atom. The summed E-state index contributed by atoms with van der Waals surface area (Å²) in [5.74, 6) is -1.38. The van der Waals surface area contributed by atoms with Crippen molar-refractivity contribution in [1.29, 1.82) is 0 Å². The lowest BCUT2D eigenvalue weighted by Gasteiger charge is -2.37. The standard InChI is InChI=1S/C26H40N4O6/c31-21-13-9-7-8-10-14-22(32)28-20-18-30(26(20)36)24(34)16-12-6-4-2-1-3-5-11-15-23(33)29-17-19(27-21)25(29)35/h19-20H,1-18H2,(H,27,31)(H,28,32)/t19-,20-/m0/s1. The number of carbonyl (C=O) groups is 6. The van der Waals surface area contributed by atoms with Crippen molar-refractivity contribution in [3.63, 3.8) is 0 Å². The predicted octanol–water partition coefficient (Wildman–Crippen LogP) is 1.95. The van der Waals surface area contributed by atoms with Gasteiger partial charge in [0.05, 0.1) is 13.1 Å². The summed E-state index contributed by atoms with van der Waals surface area (Å²) in [4.78, 5) is 75.7. The van der Waals surface area contributed by atoms with Crippen LogP contribution in [0.3, 0.4) is 0 Å². The van der Waals surface area contributed by atoms with Gasteiger partial charge < -0.3 is 10.6 Å². The maximum absolute atomic E-state index is 12.3. The number of rotatable bonds is 0. The highest BCUT2D eigenvalue weighted by Gasteiger charge is 2.42. The normalized spacial score (nSPS) is 27.2. The quantitative estimate of drug-likeness (QED) is 0.383. The second kappa shape index (κ2) is 14.1. The average molecular weight is 505 g/mol. The van der Waals surface area contributed by atoms with Crippen LogP contribution >= 0.6 is 0 Å². The van der Waals surface area contributed by atoms with Crippen molar-refractivity contribution in [2.75, 3.05) is 13.1 Å². The van der Waals surface area contributed by atoms with Crippen LogP contribution in [0.1, 0.15) is 103 Å². The summed E-state index contributed by atoms with van der Waals surface area (Å²) in [5.41, 5.74) is 0. The molecule has 0 aliphatic carbocycles. The Morgan fingerprint density at radius 1 is 0.444 bits per heavy atom. The van der Waals surface area contributed by atoms with E-state index in [1.807, 2.05) is 0 Å². The van der Waals surface area contributed by atoms with E-state index in [2.05, 4.69) is 10.6 Å². The zero-order chi connectivity index (χ0) is 25.9. The maximum atomic E-state index is 12.3. The van der Waals surface area contributed by atoms with Gasteiger partial charge in [0.2, 0.25) is 23.6 Å². The SMILES string of the molecule is O=C1CCCCCCC(=O)N[C@H]2CN(C(=O)CCCCCCCCCCC(=O)N3C[C@H](N1)C3=O)C2=O. The fourth-order valence-electron chi connectivity index (χ4n) is 4.86. The van der Waals surface area contributed by atoms with E-state index < -0.39 is 12.1 Å². The number of hydrogen-bond acceptors (Lipinski definition) is 6. The van der Waals surface area contributed by atoms with Crippen molar-refractivity contribution in [2.24, 2.45) is 0 Å². The van der Waals surface area contributed by atoms with Crippen LogP contribution in [-0.2, 0) is 28.8 Å². The molecule has 6 fully saturated rings. The van der Waals surface area contributed by atoms with E-state index >= 15 is 0 Å². The minimum Gasteiger partial charge on any atom is -0.343 e. The van der Waals surface area contributed by atoms with Gasteiger partial charge in [0.15, 0.2) is 0 Å². The van der Waals surface area contributed by atoms with Crippen molar-refractivity contribution in [2.45, 2.75) is 115 Å². The van der Waals surface area contributed by atoms with E-state index in [-0.39, 0.29) is 48.5 Å². The van der Waals surface area contributed by atoms with Gasteiger partial charge in [-0.25, -0.2) is 0 Å². The molecule has 6 aliphatic rings. The van der Waals surface area contributed by atoms with Gasteiger partial charge in [-0.15, -0.1) is 0 Å². The molecule has 6 aliphatic heterocycles. The fraction of sp³-hybridized carbons (Fsp3) is 0.769. The summed E-state index contributed by atoms with van der Waals surface area (Å²) in [6.07, 6.45) is 11.7. The van der Waals surface area contributed by atoms with Gasteiger partial charge in [-0.2, -0.15) is 0 Å². The van der Waals surface area contributed by atoms with E-state index in [4.69, 9.17) is 0 Å². The van der Waals surface area contributed by atoms with Gasteiger partial charge in [0.25, 0.3) is 11.8 Å². The lowest BCUT2D eigenvalue weighted by atomic mass is 10.0. The average Bonchev–Trinajstić information content (AvgIpc) is 2.85. The summed E-state index contributed by atoms with van der Waals surface area (Å²) in [6.45, 7) is 0.505. The monoisotopic (exact) mass is 504 g/mol. The topological polar surface area (TPSA) is 133 Å². The van der Waals surface area contributed by atoms with E-state index in [9.17, 15) is 28.8 Å². The number of nitrogens with one attached hydrogen (secondary N) is 2. The van der Waals surface area contributed by atoms with Crippen molar-refractivity contribution in [3.8, 4) is 0 Å². The summed E-state index contributed by atoms with van der Waals surface area (Å²) >= 11 is 0. The first-order valence-corrected chi connectivity index (χ1v) is 13.6. The first kappa shape index (κ1) is 27.8. The van der Waals surface area contributed by atoms with E-state index in [1.165, 1.54) is 9.80 Å². The molecule has 6 amide bonds. The van der Waals surface area contributed by atoms with Crippen molar-refractivity contribution >= 4 is 35.4 Å². The van der Waals surface area contributed by atoms with Gasteiger partial charge in [0.1, 0.15) is 12.1 Å². The van der Waals surface area contributed by atoms with Gasteiger partial charge in [-0.1, -0.05) is 51.4 Å². The molecule has 2 atom stereocenters. The molecule has 10 heteroatoms. The Balaban J connectivity index is 1.41. The van der Waals surface area contributed by atoms with Gasteiger partial charge in [-0.05, 0) is 25.7 Å². The van der Waals surface area contributed by atoms with Crippen LogP contribution < -0.4 is 10.6 Å². The summed E-state index contributed by atoms with van der Waals surface area (Å²) in [6, 6.07) is -1.20.